The van der Waals surface area contributed by atoms with Gasteiger partial charge in [0, 0.05) is 18.6 Å². The first-order chi connectivity index (χ1) is 8.04. The Hall–Kier alpha value is -0.0800. The zero-order chi connectivity index (χ0) is 12.5. The summed E-state index contributed by atoms with van der Waals surface area (Å²) in [6.07, 6.45) is 7.02. The summed E-state index contributed by atoms with van der Waals surface area (Å²) in [6.45, 7) is 9.92. The highest BCUT2D eigenvalue weighted by Gasteiger charge is 2.39. The first-order valence-electron chi connectivity index (χ1n) is 7.46. The van der Waals surface area contributed by atoms with Gasteiger partial charge < -0.3 is 10.2 Å². The van der Waals surface area contributed by atoms with E-state index in [4.69, 9.17) is 0 Å². The van der Waals surface area contributed by atoms with E-state index in [1.54, 1.807) is 0 Å². The van der Waals surface area contributed by atoms with Gasteiger partial charge in [-0.25, -0.2) is 0 Å². The van der Waals surface area contributed by atoms with Crippen molar-refractivity contribution in [3.05, 3.63) is 0 Å². The second-order valence-corrected chi connectivity index (χ2v) is 6.89. The second kappa shape index (κ2) is 5.27. The van der Waals surface area contributed by atoms with E-state index in [1.165, 1.54) is 45.2 Å². The molecule has 1 saturated carbocycles. The van der Waals surface area contributed by atoms with Crippen molar-refractivity contribution in [2.24, 2.45) is 11.3 Å². The number of hydrogen-bond donors (Lipinski definition) is 1. The standard InChI is InChI=1S/C15H30N2/c1-12-7-6-10-17(12)11-13-8-5-9-15(2,3)14(13)16-4/h12-14,16H,5-11H2,1-4H3. The van der Waals surface area contributed by atoms with E-state index in [-0.39, 0.29) is 0 Å². The molecule has 2 nitrogen and oxygen atoms in total. The van der Waals surface area contributed by atoms with Crippen molar-refractivity contribution in [1.82, 2.24) is 10.2 Å². The van der Waals surface area contributed by atoms with Gasteiger partial charge >= 0.3 is 0 Å². The SMILES string of the molecule is CNC1C(CN2CCCC2C)CCCC1(C)C. The van der Waals surface area contributed by atoms with Crippen LogP contribution in [0.15, 0.2) is 0 Å². The van der Waals surface area contributed by atoms with Crippen molar-refractivity contribution in [1.29, 1.82) is 0 Å². The molecule has 0 radical (unpaired) electrons. The molecule has 0 aromatic carbocycles. The smallest absolute Gasteiger partial charge is 0.0156 e. The predicted octanol–water partition coefficient (Wildman–Crippen LogP) is 2.89. The molecule has 3 atom stereocenters. The third kappa shape index (κ3) is 2.85. The van der Waals surface area contributed by atoms with Crippen LogP contribution in [0, 0.1) is 11.3 Å². The Balaban J connectivity index is 1.98. The van der Waals surface area contributed by atoms with Gasteiger partial charge in [-0.2, -0.15) is 0 Å². The minimum Gasteiger partial charge on any atom is -0.316 e. The minimum atomic E-state index is 0.473. The lowest BCUT2D eigenvalue weighted by Crippen LogP contribution is -2.52. The summed E-state index contributed by atoms with van der Waals surface area (Å²) in [6, 6.07) is 1.52. The summed E-state index contributed by atoms with van der Waals surface area (Å²) in [5, 5.41) is 3.61. The Bertz CT molecular complexity index is 249. The van der Waals surface area contributed by atoms with Crippen LogP contribution in [-0.4, -0.2) is 37.1 Å². The number of nitrogens with zero attached hydrogens (tertiary/aromatic N) is 1. The topological polar surface area (TPSA) is 15.3 Å². The molecule has 1 aliphatic carbocycles. The van der Waals surface area contributed by atoms with Crippen molar-refractivity contribution in [3.63, 3.8) is 0 Å². The molecule has 0 amide bonds. The largest absolute Gasteiger partial charge is 0.316 e. The molecular formula is C15H30N2. The molecule has 0 aromatic heterocycles. The van der Waals surface area contributed by atoms with Crippen LogP contribution in [0.2, 0.25) is 0 Å². The van der Waals surface area contributed by atoms with Crippen LogP contribution in [0.1, 0.15) is 52.9 Å². The van der Waals surface area contributed by atoms with Gasteiger partial charge in [0.15, 0.2) is 0 Å². The molecule has 2 heteroatoms. The molecule has 2 fully saturated rings. The van der Waals surface area contributed by atoms with Gasteiger partial charge in [-0.05, 0) is 57.5 Å². The number of likely N-dealkylation sites (tertiary alicyclic amines) is 1. The van der Waals surface area contributed by atoms with E-state index in [0.29, 0.717) is 11.5 Å². The van der Waals surface area contributed by atoms with Gasteiger partial charge in [-0.3, -0.25) is 0 Å². The monoisotopic (exact) mass is 238 g/mol. The molecule has 1 heterocycles. The zero-order valence-electron chi connectivity index (χ0n) is 12.1. The molecule has 1 N–H and O–H groups in total. The van der Waals surface area contributed by atoms with Crippen molar-refractivity contribution >= 4 is 0 Å². The van der Waals surface area contributed by atoms with Crippen LogP contribution in [0.3, 0.4) is 0 Å². The van der Waals surface area contributed by atoms with E-state index in [9.17, 15) is 0 Å². The molecule has 0 aromatic rings. The molecule has 1 saturated heterocycles. The predicted molar refractivity (Wildman–Crippen MR) is 74.2 cm³/mol. The van der Waals surface area contributed by atoms with Crippen molar-refractivity contribution in [2.45, 2.75) is 65.0 Å². The average Bonchev–Trinajstić information content (AvgIpc) is 2.64. The Labute approximate surface area is 107 Å². The van der Waals surface area contributed by atoms with Crippen molar-refractivity contribution in [3.8, 4) is 0 Å². The average molecular weight is 238 g/mol. The lowest BCUT2D eigenvalue weighted by Gasteiger charge is -2.45. The molecule has 2 aliphatic rings. The fourth-order valence-electron chi connectivity index (χ4n) is 4.17. The van der Waals surface area contributed by atoms with Crippen LogP contribution >= 0.6 is 0 Å². The Kier molecular flexibility index (Phi) is 4.14. The number of rotatable bonds is 3. The molecule has 3 unspecified atom stereocenters. The Morgan fingerprint density at radius 1 is 1.24 bits per heavy atom. The summed E-state index contributed by atoms with van der Waals surface area (Å²) >= 11 is 0. The van der Waals surface area contributed by atoms with E-state index >= 15 is 0 Å². The first-order valence-corrected chi connectivity index (χ1v) is 7.46. The van der Waals surface area contributed by atoms with E-state index in [2.05, 4.69) is 38.0 Å². The van der Waals surface area contributed by atoms with Crippen LogP contribution < -0.4 is 5.32 Å². The van der Waals surface area contributed by atoms with E-state index < -0.39 is 0 Å². The lowest BCUT2D eigenvalue weighted by molar-refractivity contribution is 0.0816. The number of hydrogen-bond acceptors (Lipinski definition) is 2. The molecule has 2 rings (SSSR count). The van der Waals surface area contributed by atoms with Gasteiger partial charge in [0.05, 0.1) is 0 Å². The van der Waals surface area contributed by atoms with Crippen LogP contribution in [0.25, 0.3) is 0 Å². The molecule has 100 valence electrons. The summed E-state index contributed by atoms with van der Waals surface area (Å²) in [5.74, 6) is 0.851. The molecule has 0 spiro atoms. The van der Waals surface area contributed by atoms with E-state index in [0.717, 1.165) is 12.0 Å². The van der Waals surface area contributed by atoms with Gasteiger partial charge in [-0.1, -0.05) is 20.3 Å². The van der Waals surface area contributed by atoms with Crippen LogP contribution in [0.5, 0.6) is 0 Å². The highest BCUT2D eigenvalue weighted by atomic mass is 15.2. The van der Waals surface area contributed by atoms with Crippen molar-refractivity contribution < 1.29 is 0 Å². The highest BCUT2D eigenvalue weighted by Crippen LogP contribution is 2.39. The van der Waals surface area contributed by atoms with Gasteiger partial charge in [-0.15, -0.1) is 0 Å². The molecule has 17 heavy (non-hydrogen) atoms. The fraction of sp³-hybridized carbons (Fsp3) is 1.00. The lowest BCUT2D eigenvalue weighted by atomic mass is 9.68. The third-order valence-electron chi connectivity index (χ3n) is 5.18. The number of nitrogens with one attached hydrogen (secondary N) is 1. The normalized spacial score (nSPS) is 38.5. The Morgan fingerprint density at radius 2 is 2.00 bits per heavy atom. The zero-order valence-corrected chi connectivity index (χ0v) is 12.1. The summed E-state index contributed by atoms with van der Waals surface area (Å²) in [5.41, 5.74) is 0.473. The van der Waals surface area contributed by atoms with E-state index in [1.807, 2.05) is 0 Å². The third-order valence-corrected chi connectivity index (χ3v) is 5.18. The quantitative estimate of drug-likeness (QED) is 0.813. The highest BCUT2D eigenvalue weighted by molar-refractivity contribution is 4.94. The maximum atomic E-state index is 3.61. The maximum Gasteiger partial charge on any atom is 0.0156 e. The molecule has 1 aliphatic heterocycles. The summed E-state index contributed by atoms with van der Waals surface area (Å²) in [7, 11) is 2.15. The minimum absolute atomic E-state index is 0.473. The molecule has 0 bridgehead atoms. The van der Waals surface area contributed by atoms with Gasteiger partial charge in [0.25, 0.3) is 0 Å². The maximum absolute atomic E-state index is 3.61. The summed E-state index contributed by atoms with van der Waals surface area (Å²) < 4.78 is 0. The van der Waals surface area contributed by atoms with Gasteiger partial charge in [0.2, 0.25) is 0 Å². The van der Waals surface area contributed by atoms with Crippen LogP contribution in [0.4, 0.5) is 0 Å². The molecular weight excluding hydrogens is 208 g/mol. The van der Waals surface area contributed by atoms with Gasteiger partial charge in [0.1, 0.15) is 0 Å². The van der Waals surface area contributed by atoms with Crippen LogP contribution in [-0.2, 0) is 0 Å². The second-order valence-electron chi connectivity index (χ2n) is 6.89. The first kappa shape index (κ1) is 13.4. The Morgan fingerprint density at radius 3 is 2.59 bits per heavy atom. The summed E-state index contributed by atoms with van der Waals surface area (Å²) in [4.78, 5) is 2.72. The van der Waals surface area contributed by atoms with Crippen molar-refractivity contribution in [2.75, 3.05) is 20.1 Å². The fourth-order valence-corrected chi connectivity index (χ4v) is 4.17.